The molecule has 1 atom stereocenters. The van der Waals surface area contributed by atoms with Gasteiger partial charge in [0, 0.05) is 5.03 Å². The van der Waals surface area contributed by atoms with Crippen molar-refractivity contribution >= 4 is 17.6 Å². The molecule has 64 valence electrons. The Bertz CT molecular complexity index is 165. The highest BCUT2D eigenvalue weighted by atomic mass is 35.5. The number of carbonyl (C=O) groups is 1. The van der Waals surface area contributed by atoms with Gasteiger partial charge in [-0.25, -0.2) is 10.7 Å². The molecule has 0 amide bonds. The Morgan fingerprint density at radius 3 is 2.55 bits per heavy atom. The highest BCUT2D eigenvalue weighted by molar-refractivity contribution is 6.29. The topological polar surface area (TPSA) is 61.5 Å². The summed E-state index contributed by atoms with van der Waals surface area (Å²) in [5.41, 5.74) is 0. The minimum absolute atomic E-state index is 0.422. The fraction of sp³-hybridized carbons (Fsp3) is 0.500. The largest absolute Gasteiger partial charge is 0.467 e. The van der Waals surface area contributed by atoms with Gasteiger partial charge in [-0.1, -0.05) is 11.6 Å². The lowest BCUT2D eigenvalue weighted by Gasteiger charge is -2.06. The summed E-state index contributed by atoms with van der Waals surface area (Å²) in [7, 11) is 1.24. The Kier molecular flexibility index (Phi) is 4.85. The standard InChI is InChI=1S/C6H10ClNO3/c1-4(7)3-5(11-8)6(9)10-2/h3,5H,8H2,1-2H3/b4-3+. The molecule has 0 bridgehead atoms. The Balaban J connectivity index is 4.17. The average molecular weight is 180 g/mol. The molecule has 0 heterocycles. The van der Waals surface area contributed by atoms with Gasteiger partial charge >= 0.3 is 5.97 Å². The number of esters is 1. The first-order valence-electron chi connectivity index (χ1n) is 2.89. The summed E-state index contributed by atoms with van der Waals surface area (Å²) in [5, 5.41) is 0.422. The lowest BCUT2D eigenvalue weighted by Crippen LogP contribution is -2.26. The molecule has 4 nitrogen and oxygen atoms in total. The van der Waals surface area contributed by atoms with E-state index < -0.39 is 12.1 Å². The third kappa shape index (κ3) is 3.98. The van der Waals surface area contributed by atoms with Gasteiger partial charge in [0.15, 0.2) is 6.10 Å². The molecule has 1 unspecified atom stereocenters. The van der Waals surface area contributed by atoms with Gasteiger partial charge in [0.1, 0.15) is 0 Å². The molecule has 0 aliphatic heterocycles. The third-order valence-electron chi connectivity index (χ3n) is 0.961. The van der Waals surface area contributed by atoms with Gasteiger partial charge in [-0.2, -0.15) is 0 Å². The zero-order chi connectivity index (χ0) is 8.85. The first-order chi connectivity index (χ1) is 5.11. The summed E-state index contributed by atoms with van der Waals surface area (Å²) >= 11 is 5.47. The lowest BCUT2D eigenvalue weighted by atomic mass is 10.3. The smallest absolute Gasteiger partial charge is 0.341 e. The number of halogens is 1. The van der Waals surface area contributed by atoms with Crippen LogP contribution in [0.25, 0.3) is 0 Å². The van der Waals surface area contributed by atoms with E-state index in [-0.39, 0.29) is 0 Å². The van der Waals surface area contributed by atoms with Crippen LogP contribution in [0.15, 0.2) is 11.1 Å². The number of nitrogens with two attached hydrogens (primary N) is 1. The van der Waals surface area contributed by atoms with E-state index in [2.05, 4.69) is 9.57 Å². The molecule has 0 rings (SSSR count). The van der Waals surface area contributed by atoms with Gasteiger partial charge in [-0.05, 0) is 13.0 Å². The SMILES string of the molecule is COC(=O)C(/C=C(\C)Cl)ON. The van der Waals surface area contributed by atoms with Crippen LogP contribution in [-0.2, 0) is 14.4 Å². The first kappa shape index (κ1) is 10.4. The van der Waals surface area contributed by atoms with Crippen LogP contribution < -0.4 is 5.90 Å². The minimum Gasteiger partial charge on any atom is -0.467 e. The predicted octanol–water partition coefficient (Wildman–Crippen LogP) is 0.561. The number of ether oxygens (including phenoxy) is 1. The molecule has 5 heteroatoms. The van der Waals surface area contributed by atoms with E-state index in [1.54, 1.807) is 6.92 Å². The second kappa shape index (κ2) is 5.12. The summed E-state index contributed by atoms with van der Waals surface area (Å²) in [5.74, 6) is 4.22. The highest BCUT2D eigenvalue weighted by Gasteiger charge is 2.15. The maximum Gasteiger partial charge on any atom is 0.341 e. The molecule has 2 N–H and O–H groups in total. The highest BCUT2D eigenvalue weighted by Crippen LogP contribution is 2.03. The normalized spacial score (nSPS) is 14.4. The maximum atomic E-state index is 10.7. The van der Waals surface area contributed by atoms with Gasteiger partial charge < -0.3 is 4.74 Å². The fourth-order valence-corrected chi connectivity index (χ4v) is 0.602. The molecular weight excluding hydrogens is 170 g/mol. The molecule has 11 heavy (non-hydrogen) atoms. The summed E-state index contributed by atoms with van der Waals surface area (Å²) in [6.45, 7) is 1.61. The van der Waals surface area contributed by atoms with Gasteiger partial charge in [0.25, 0.3) is 0 Å². The summed E-state index contributed by atoms with van der Waals surface area (Å²) in [6, 6.07) is 0. The molecule has 0 aliphatic carbocycles. The summed E-state index contributed by atoms with van der Waals surface area (Å²) in [4.78, 5) is 15.0. The van der Waals surface area contributed by atoms with Crippen LogP contribution in [-0.4, -0.2) is 19.2 Å². The van der Waals surface area contributed by atoms with E-state index in [0.717, 1.165) is 0 Å². The average Bonchev–Trinajstić information content (AvgIpc) is 1.98. The van der Waals surface area contributed by atoms with Crippen molar-refractivity contribution in [3.05, 3.63) is 11.1 Å². The third-order valence-corrected chi connectivity index (χ3v) is 1.09. The second-order valence-corrected chi connectivity index (χ2v) is 2.43. The van der Waals surface area contributed by atoms with Gasteiger partial charge in [-0.15, -0.1) is 0 Å². The lowest BCUT2D eigenvalue weighted by molar-refractivity contribution is -0.151. The molecular formula is C6H10ClNO3. The van der Waals surface area contributed by atoms with E-state index in [0.29, 0.717) is 5.03 Å². The number of hydrogen-bond donors (Lipinski definition) is 1. The van der Waals surface area contributed by atoms with Crippen molar-refractivity contribution in [2.45, 2.75) is 13.0 Å². The molecule has 0 aliphatic rings. The fourth-order valence-electron chi connectivity index (χ4n) is 0.488. The Morgan fingerprint density at radius 1 is 1.73 bits per heavy atom. The van der Waals surface area contributed by atoms with E-state index in [9.17, 15) is 4.79 Å². The van der Waals surface area contributed by atoms with Gasteiger partial charge in [0.2, 0.25) is 0 Å². The Hall–Kier alpha value is -0.580. The number of methoxy groups -OCH3 is 1. The van der Waals surface area contributed by atoms with Crippen molar-refractivity contribution in [1.82, 2.24) is 0 Å². The number of hydrogen-bond acceptors (Lipinski definition) is 4. The van der Waals surface area contributed by atoms with Crippen LogP contribution >= 0.6 is 11.6 Å². The quantitative estimate of drug-likeness (QED) is 0.508. The molecule has 0 aromatic carbocycles. The van der Waals surface area contributed by atoms with E-state index >= 15 is 0 Å². The molecule has 0 fully saturated rings. The molecule has 0 saturated carbocycles. The second-order valence-electron chi connectivity index (χ2n) is 1.83. The molecule has 0 saturated heterocycles. The van der Waals surface area contributed by atoms with Crippen LogP contribution in [0, 0.1) is 0 Å². The summed E-state index contributed by atoms with van der Waals surface area (Å²) < 4.78 is 4.36. The maximum absolute atomic E-state index is 10.7. The molecule has 0 radical (unpaired) electrons. The monoisotopic (exact) mass is 179 g/mol. The first-order valence-corrected chi connectivity index (χ1v) is 3.27. The molecule has 0 aromatic rings. The van der Waals surface area contributed by atoms with Crippen LogP contribution in [0.5, 0.6) is 0 Å². The van der Waals surface area contributed by atoms with E-state index in [1.807, 2.05) is 0 Å². The van der Waals surface area contributed by atoms with Crippen molar-refractivity contribution in [2.24, 2.45) is 5.90 Å². The zero-order valence-corrected chi connectivity index (χ0v) is 7.09. The van der Waals surface area contributed by atoms with Gasteiger partial charge in [-0.3, -0.25) is 4.84 Å². The van der Waals surface area contributed by atoms with Gasteiger partial charge in [0.05, 0.1) is 7.11 Å². The zero-order valence-electron chi connectivity index (χ0n) is 6.33. The predicted molar refractivity (Wildman–Crippen MR) is 40.7 cm³/mol. The van der Waals surface area contributed by atoms with E-state index in [1.165, 1.54) is 13.2 Å². The van der Waals surface area contributed by atoms with Crippen molar-refractivity contribution in [2.75, 3.05) is 7.11 Å². The number of rotatable bonds is 3. The van der Waals surface area contributed by atoms with Crippen molar-refractivity contribution in [1.29, 1.82) is 0 Å². The summed E-state index contributed by atoms with van der Waals surface area (Å²) in [6.07, 6.45) is 0.436. The van der Waals surface area contributed by atoms with Crippen LogP contribution in [0.2, 0.25) is 0 Å². The minimum atomic E-state index is -0.919. The Labute approximate surface area is 69.9 Å². The van der Waals surface area contributed by atoms with Crippen molar-refractivity contribution in [3.63, 3.8) is 0 Å². The van der Waals surface area contributed by atoms with Crippen molar-refractivity contribution < 1.29 is 14.4 Å². The van der Waals surface area contributed by atoms with Crippen LogP contribution in [0.4, 0.5) is 0 Å². The number of allylic oxidation sites excluding steroid dienone is 1. The van der Waals surface area contributed by atoms with Crippen LogP contribution in [0.3, 0.4) is 0 Å². The Morgan fingerprint density at radius 2 is 2.27 bits per heavy atom. The molecule has 0 spiro atoms. The molecule has 0 aromatic heterocycles. The van der Waals surface area contributed by atoms with E-state index in [4.69, 9.17) is 17.5 Å². The number of carbonyl (C=O) groups excluding carboxylic acids is 1. The van der Waals surface area contributed by atoms with Crippen molar-refractivity contribution in [3.8, 4) is 0 Å². The van der Waals surface area contributed by atoms with Crippen LogP contribution in [0.1, 0.15) is 6.92 Å².